The second-order valence-corrected chi connectivity index (χ2v) is 8.42. The molecular weight excluding hydrogens is 368 g/mol. The average molecular weight is 395 g/mol. The molecule has 1 atom stereocenters. The molecule has 1 aromatic carbocycles. The van der Waals surface area contributed by atoms with Gasteiger partial charge in [0.15, 0.2) is 0 Å². The van der Waals surface area contributed by atoms with Crippen molar-refractivity contribution in [1.29, 1.82) is 0 Å². The van der Waals surface area contributed by atoms with Crippen molar-refractivity contribution in [2.75, 3.05) is 19.6 Å². The zero-order valence-electron chi connectivity index (χ0n) is 16.2. The smallest absolute Gasteiger partial charge is 0.261 e. The molecule has 146 valence electrons. The number of nitrogens with zero attached hydrogens (tertiary/aromatic N) is 3. The Hall–Kier alpha value is -2.44. The van der Waals surface area contributed by atoms with Gasteiger partial charge in [0.1, 0.15) is 0 Å². The van der Waals surface area contributed by atoms with E-state index in [1.165, 1.54) is 29.7 Å². The van der Waals surface area contributed by atoms with Gasteiger partial charge in [-0.1, -0.05) is 36.4 Å². The highest BCUT2D eigenvalue weighted by Gasteiger charge is 2.22. The monoisotopic (exact) mass is 394 g/mol. The first-order chi connectivity index (χ1) is 13.7. The highest BCUT2D eigenvalue weighted by Crippen LogP contribution is 2.25. The number of carbonyl (C=O) groups is 1. The average Bonchev–Trinajstić information content (AvgIpc) is 3.37. The maximum absolute atomic E-state index is 12.2. The summed E-state index contributed by atoms with van der Waals surface area (Å²) >= 11 is 1.49. The molecule has 1 aliphatic rings. The standard InChI is InChI=1S/C22H26N4OS/c1-25-15-19(21(24-25)18-8-3-2-4-9-18)16-26-11-5-7-17(14-26)13-23-22(27)20-10-6-12-28-20/h2-4,6,8-10,12,15,17H,5,7,11,13-14,16H2,1H3,(H,23,27). The minimum absolute atomic E-state index is 0.0470. The van der Waals surface area contributed by atoms with Crippen LogP contribution in [0.5, 0.6) is 0 Å². The van der Waals surface area contributed by atoms with E-state index >= 15 is 0 Å². The van der Waals surface area contributed by atoms with Crippen molar-refractivity contribution in [1.82, 2.24) is 20.0 Å². The van der Waals surface area contributed by atoms with E-state index in [2.05, 4.69) is 45.8 Å². The largest absolute Gasteiger partial charge is 0.351 e. The van der Waals surface area contributed by atoms with Gasteiger partial charge in [-0.2, -0.15) is 5.10 Å². The molecular formula is C22H26N4OS. The van der Waals surface area contributed by atoms with Crippen LogP contribution in [0.2, 0.25) is 0 Å². The van der Waals surface area contributed by atoms with E-state index < -0.39 is 0 Å². The number of aromatic nitrogens is 2. The summed E-state index contributed by atoms with van der Waals surface area (Å²) < 4.78 is 1.90. The van der Waals surface area contributed by atoms with Gasteiger partial charge in [0.05, 0.1) is 10.6 Å². The Labute approximate surface area is 170 Å². The molecule has 0 aliphatic carbocycles. The van der Waals surface area contributed by atoms with Crippen LogP contribution >= 0.6 is 11.3 Å². The molecule has 2 aromatic heterocycles. The molecule has 5 nitrogen and oxygen atoms in total. The van der Waals surface area contributed by atoms with E-state index in [1.807, 2.05) is 35.3 Å². The minimum Gasteiger partial charge on any atom is -0.351 e. The van der Waals surface area contributed by atoms with E-state index in [9.17, 15) is 4.79 Å². The lowest BCUT2D eigenvalue weighted by atomic mass is 9.97. The molecule has 4 rings (SSSR count). The highest BCUT2D eigenvalue weighted by atomic mass is 32.1. The third-order valence-corrected chi connectivity index (χ3v) is 6.11. The normalized spacial score (nSPS) is 17.5. The number of carbonyl (C=O) groups excluding carboxylic acids is 1. The van der Waals surface area contributed by atoms with Gasteiger partial charge in [-0.15, -0.1) is 11.3 Å². The Morgan fingerprint density at radius 1 is 1.25 bits per heavy atom. The Morgan fingerprint density at radius 3 is 2.89 bits per heavy atom. The molecule has 0 radical (unpaired) electrons. The number of likely N-dealkylation sites (tertiary alicyclic amines) is 1. The summed E-state index contributed by atoms with van der Waals surface area (Å²) in [4.78, 5) is 15.5. The van der Waals surface area contributed by atoms with Crippen molar-refractivity contribution < 1.29 is 4.79 Å². The van der Waals surface area contributed by atoms with Crippen molar-refractivity contribution in [2.24, 2.45) is 13.0 Å². The predicted molar refractivity (Wildman–Crippen MR) is 113 cm³/mol. The molecule has 0 bridgehead atoms. The second-order valence-electron chi connectivity index (χ2n) is 7.47. The quantitative estimate of drug-likeness (QED) is 0.692. The van der Waals surface area contributed by atoms with Crippen molar-refractivity contribution in [3.8, 4) is 11.3 Å². The van der Waals surface area contributed by atoms with Gasteiger partial charge < -0.3 is 5.32 Å². The van der Waals surface area contributed by atoms with Crippen LogP contribution in [0.25, 0.3) is 11.3 Å². The summed E-state index contributed by atoms with van der Waals surface area (Å²) in [6.07, 6.45) is 4.46. The number of rotatable bonds is 6. The fourth-order valence-corrected chi connectivity index (χ4v) is 4.57. The molecule has 1 amide bonds. The van der Waals surface area contributed by atoms with Crippen LogP contribution in [0, 0.1) is 5.92 Å². The number of hydrogen-bond donors (Lipinski definition) is 1. The molecule has 1 fully saturated rings. The molecule has 1 N–H and O–H groups in total. The minimum atomic E-state index is 0.0470. The first kappa shape index (κ1) is 18.9. The Balaban J connectivity index is 1.37. The summed E-state index contributed by atoms with van der Waals surface area (Å²) in [6, 6.07) is 14.2. The van der Waals surface area contributed by atoms with Gasteiger partial charge in [-0.3, -0.25) is 14.4 Å². The van der Waals surface area contributed by atoms with Crippen molar-refractivity contribution >= 4 is 17.2 Å². The van der Waals surface area contributed by atoms with E-state index in [1.54, 1.807) is 0 Å². The Morgan fingerprint density at radius 2 is 2.11 bits per heavy atom. The molecule has 0 saturated carbocycles. The lowest BCUT2D eigenvalue weighted by molar-refractivity contribution is 0.0934. The van der Waals surface area contributed by atoms with Crippen LogP contribution in [-0.2, 0) is 13.6 Å². The van der Waals surface area contributed by atoms with E-state index in [0.717, 1.165) is 42.3 Å². The van der Waals surface area contributed by atoms with Crippen LogP contribution in [0.1, 0.15) is 28.1 Å². The third kappa shape index (κ3) is 4.51. The van der Waals surface area contributed by atoms with E-state index in [-0.39, 0.29) is 5.91 Å². The van der Waals surface area contributed by atoms with Gasteiger partial charge in [-0.25, -0.2) is 0 Å². The van der Waals surface area contributed by atoms with Crippen LogP contribution in [0.15, 0.2) is 54.0 Å². The van der Waals surface area contributed by atoms with Gasteiger partial charge in [0.2, 0.25) is 0 Å². The third-order valence-electron chi connectivity index (χ3n) is 5.25. The zero-order chi connectivity index (χ0) is 19.3. The summed E-state index contributed by atoms with van der Waals surface area (Å²) in [7, 11) is 1.98. The van der Waals surface area contributed by atoms with Gasteiger partial charge >= 0.3 is 0 Å². The number of hydrogen-bond acceptors (Lipinski definition) is 4. The first-order valence-electron chi connectivity index (χ1n) is 9.81. The summed E-state index contributed by atoms with van der Waals surface area (Å²) in [5, 5.41) is 9.74. The van der Waals surface area contributed by atoms with E-state index in [0.29, 0.717) is 5.92 Å². The highest BCUT2D eigenvalue weighted by molar-refractivity contribution is 7.12. The zero-order valence-corrected chi connectivity index (χ0v) is 17.0. The number of aryl methyl sites for hydroxylation is 1. The number of nitrogens with one attached hydrogen (secondary N) is 1. The number of benzene rings is 1. The fourth-order valence-electron chi connectivity index (χ4n) is 3.93. The first-order valence-corrected chi connectivity index (χ1v) is 10.7. The molecule has 1 saturated heterocycles. The lowest BCUT2D eigenvalue weighted by Gasteiger charge is -2.32. The summed E-state index contributed by atoms with van der Waals surface area (Å²) in [6.45, 7) is 3.74. The van der Waals surface area contributed by atoms with Crippen LogP contribution in [0.4, 0.5) is 0 Å². The molecule has 6 heteroatoms. The molecule has 28 heavy (non-hydrogen) atoms. The Kier molecular flexibility index (Phi) is 5.88. The predicted octanol–water partition coefficient (Wildman–Crippen LogP) is 3.79. The van der Waals surface area contributed by atoms with Crippen molar-refractivity contribution in [3.05, 3.63) is 64.5 Å². The number of thiophene rings is 1. The lowest BCUT2D eigenvalue weighted by Crippen LogP contribution is -2.40. The number of piperidine rings is 1. The molecule has 3 aromatic rings. The van der Waals surface area contributed by atoms with Crippen LogP contribution in [0.3, 0.4) is 0 Å². The summed E-state index contributed by atoms with van der Waals surface area (Å²) in [5.41, 5.74) is 3.49. The Bertz CT molecular complexity index is 904. The topological polar surface area (TPSA) is 50.2 Å². The molecule has 0 spiro atoms. The van der Waals surface area contributed by atoms with E-state index in [4.69, 9.17) is 0 Å². The SMILES string of the molecule is Cn1cc(CN2CCCC(CNC(=O)c3cccs3)C2)c(-c2ccccc2)n1. The van der Waals surface area contributed by atoms with Gasteiger partial charge in [-0.05, 0) is 36.8 Å². The summed E-state index contributed by atoms with van der Waals surface area (Å²) in [5.74, 6) is 0.542. The maximum atomic E-state index is 12.2. The van der Waals surface area contributed by atoms with Crippen LogP contribution < -0.4 is 5.32 Å². The second kappa shape index (κ2) is 8.71. The maximum Gasteiger partial charge on any atom is 0.261 e. The van der Waals surface area contributed by atoms with Crippen molar-refractivity contribution in [3.63, 3.8) is 0 Å². The fraction of sp³-hybridized carbons (Fsp3) is 0.364. The van der Waals surface area contributed by atoms with Gasteiger partial charge in [0.25, 0.3) is 5.91 Å². The molecule has 1 aliphatic heterocycles. The number of amides is 1. The van der Waals surface area contributed by atoms with Crippen molar-refractivity contribution in [2.45, 2.75) is 19.4 Å². The van der Waals surface area contributed by atoms with Crippen LogP contribution in [-0.4, -0.2) is 40.2 Å². The van der Waals surface area contributed by atoms with Gasteiger partial charge in [0, 0.05) is 44.0 Å². The molecule has 1 unspecified atom stereocenters. The molecule has 3 heterocycles.